The highest BCUT2D eigenvalue weighted by Gasteiger charge is 2.17. The molecule has 0 saturated carbocycles. The third kappa shape index (κ3) is 4.92. The van der Waals surface area contributed by atoms with Gasteiger partial charge in [-0.3, -0.25) is 9.59 Å². The molecule has 4 heteroatoms. The first-order chi connectivity index (χ1) is 11.7. The van der Waals surface area contributed by atoms with Crippen LogP contribution in [0.5, 0.6) is 0 Å². The number of nitrogens with one attached hydrogen (secondary N) is 2. The fourth-order valence-corrected chi connectivity index (χ4v) is 2.60. The van der Waals surface area contributed by atoms with Crippen molar-refractivity contribution in [3.8, 4) is 0 Å². The summed E-state index contributed by atoms with van der Waals surface area (Å²) in [5.74, 6) is -0.401. The number of anilines is 1. The molecular weight excluding hydrogens is 312 g/mol. The van der Waals surface area contributed by atoms with Gasteiger partial charge in [0.1, 0.15) is 0 Å². The molecule has 0 aliphatic rings. The number of carbonyl (C=O) groups excluding carboxylic acids is 2. The lowest BCUT2D eigenvalue weighted by atomic mass is 10.0. The van der Waals surface area contributed by atoms with Crippen molar-refractivity contribution >= 4 is 17.5 Å². The Balaban J connectivity index is 2.24. The molecule has 0 unspecified atom stereocenters. The average molecular weight is 338 g/mol. The van der Waals surface area contributed by atoms with Crippen LogP contribution < -0.4 is 10.6 Å². The van der Waals surface area contributed by atoms with Crippen molar-refractivity contribution in [1.29, 1.82) is 0 Å². The van der Waals surface area contributed by atoms with Crippen molar-refractivity contribution in [3.63, 3.8) is 0 Å². The second-order valence-corrected chi connectivity index (χ2v) is 7.20. The summed E-state index contributed by atoms with van der Waals surface area (Å²) in [7, 11) is 0. The van der Waals surface area contributed by atoms with Gasteiger partial charge in [-0.2, -0.15) is 0 Å². The molecule has 0 atom stereocenters. The lowest BCUT2D eigenvalue weighted by Gasteiger charge is -2.20. The van der Waals surface area contributed by atoms with Gasteiger partial charge in [-0.1, -0.05) is 31.2 Å². The molecule has 0 aliphatic heterocycles. The Morgan fingerprint density at radius 2 is 1.56 bits per heavy atom. The van der Waals surface area contributed by atoms with Crippen LogP contribution in [0.15, 0.2) is 42.5 Å². The van der Waals surface area contributed by atoms with E-state index in [0.717, 1.165) is 23.2 Å². The molecule has 0 heterocycles. The van der Waals surface area contributed by atoms with Gasteiger partial charge in [-0.15, -0.1) is 0 Å². The highest BCUT2D eigenvalue weighted by atomic mass is 16.2. The first-order valence-corrected chi connectivity index (χ1v) is 8.53. The van der Waals surface area contributed by atoms with Gasteiger partial charge < -0.3 is 10.6 Å². The van der Waals surface area contributed by atoms with Crippen molar-refractivity contribution in [2.75, 3.05) is 5.32 Å². The van der Waals surface area contributed by atoms with Crippen LogP contribution in [0.25, 0.3) is 0 Å². The van der Waals surface area contributed by atoms with Crippen LogP contribution in [0, 0.1) is 6.92 Å². The normalized spacial score (nSPS) is 11.1. The molecule has 0 radical (unpaired) electrons. The predicted molar refractivity (Wildman–Crippen MR) is 102 cm³/mol. The smallest absolute Gasteiger partial charge is 0.255 e. The maximum Gasteiger partial charge on any atom is 0.255 e. The molecule has 0 aromatic heterocycles. The molecule has 4 nitrogen and oxygen atoms in total. The number of benzene rings is 2. The van der Waals surface area contributed by atoms with Crippen LogP contribution >= 0.6 is 0 Å². The Labute approximate surface area is 149 Å². The topological polar surface area (TPSA) is 58.2 Å². The second kappa shape index (κ2) is 7.51. The zero-order valence-corrected chi connectivity index (χ0v) is 15.6. The van der Waals surface area contributed by atoms with E-state index >= 15 is 0 Å². The Hall–Kier alpha value is -2.62. The number of rotatable bonds is 4. The molecule has 0 fully saturated rings. The number of aryl methyl sites for hydroxylation is 2. The number of carbonyl (C=O) groups is 2. The average Bonchev–Trinajstić information content (AvgIpc) is 2.55. The third-order valence-electron chi connectivity index (χ3n) is 3.85. The number of hydrogen-bond acceptors (Lipinski definition) is 2. The first-order valence-electron chi connectivity index (χ1n) is 8.53. The van der Waals surface area contributed by atoms with Crippen LogP contribution in [0.4, 0.5) is 5.69 Å². The standard InChI is InChI=1S/C21H26N2O2/c1-6-15-10-7-9-14(2)18(15)22-19(24)16-11-8-12-17(13-16)20(25)23-21(3,4)5/h7-13H,6H2,1-5H3,(H,22,24)(H,23,25). The van der Waals surface area contributed by atoms with Crippen molar-refractivity contribution in [1.82, 2.24) is 5.32 Å². The minimum Gasteiger partial charge on any atom is -0.347 e. The number of para-hydroxylation sites is 1. The summed E-state index contributed by atoms with van der Waals surface area (Å²) in [4.78, 5) is 25.0. The van der Waals surface area contributed by atoms with Gasteiger partial charge in [0.25, 0.3) is 11.8 Å². The van der Waals surface area contributed by atoms with Crippen LogP contribution in [0.2, 0.25) is 0 Å². The van der Waals surface area contributed by atoms with Crippen molar-refractivity contribution in [3.05, 3.63) is 64.7 Å². The summed E-state index contributed by atoms with van der Waals surface area (Å²) >= 11 is 0. The zero-order valence-electron chi connectivity index (χ0n) is 15.6. The van der Waals surface area contributed by atoms with E-state index in [4.69, 9.17) is 0 Å². The molecule has 2 N–H and O–H groups in total. The summed E-state index contributed by atoms with van der Waals surface area (Å²) in [5, 5.41) is 5.90. The molecular formula is C21H26N2O2. The van der Waals surface area contributed by atoms with E-state index in [-0.39, 0.29) is 17.4 Å². The highest BCUT2D eigenvalue weighted by molar-refractivity contribution is 6.06. The second-order valence-electron chi connectivity index (χ2n) is 7.20. The maximum absolute atomic E-state index is 12.7. The molecule has 0 aliphatic carbocycles. The first kappa shape index (κ1) is 18.7. The van der Waals surface area contributed by atoms with E-state index in [2.05, 4.69) is 17.6 Å². The summed E-state index contributed by atoms with van der Waals surface area (Å²) in [5.41, 5.74) is 3.57. The maximum atomic E-state index is 12.7. The quantitative estimate of drug-likeness (QED) is 0.871. The fourth-order valence-electron chi connectivity index (χ4n) is 2.60. The lowest BCUT2D eigenvalue weighted by molar-refractivity contribution is 0.0919. The predicted octanol–water partition coefficient (Wildman–Crippen LogP) is 4.34. The van der Waals surface area contributed by atoms with Crippen molar-refractivity contribution in [2.24, 2.45) is 0 Å². The monoisotopic (exact) mass is 338 g/mol. The molecule has 2 aromatic rings. The minimum absolute atomic E-state index is 0.188. The summed E-state index contributed by atoms with van der Waals surface area (Å²) in [6.45, 7) is 9.80. The Kier molecular flexibility index (Phi) is 5.62. The van der Waals surface area contributed by atoms with Gasteiger partial charge in [0.05, 0.1) is 0 Å². The Bertz CT molecular complexity index is 789. The molecule has 2 amide bonds. The third-order valence-corrected chi connectivity index (χ3v) is 3.85. The molecule has 0 bridgehead atoms. The van der Waals surface area contributed by atoms with Gasteiger partial charge >= 0.3 is 0 Å². The van der Waals surface area contributed by atoms with Crippen LogP contribution in [-0.4, -0.2) is 17.4 Å². The van der Waals surface area contributed by atoms with E-state index in [0.29, 0.717) is 11.1 Å². The molecule has 132 valence electrons. The van der Waals surface area contributed by atoms with Gasteiger partial charge in [0.2, 0.25) is 0 Å². The lowest BCUT2D eigenvalue weighted by Crippen LogP contribution is -2.40. The van der Waals surface area contributed by atoms with E-state index in [1.165, 1.54) is 0 Å². The van der Waals surface area contributed by atoms with Crippen LogP contribution in [0.1, 0.15) is 59.5 Å². The molecule has 25 heavy (non-hydrogen) atoms. The van der Waals surface area contributed by atoms with Crippen molar-refractivity contribution < 1.29 is 9.59 Å². The molecule has 0 saturated heterocycles. The Morgan fingerprint density at radius 1 is 0.960 bits per heavy atom. The zero-order chi connectivity index (χ0) is 18.6. The summed E-state index contributed by atoms with van der Waals surface area (Å²) in [6.07, 6.45) is 0.839. The largest absolute Gasteiger partial charge is 0.347 e. The SMILES string of the molecule is CCc1cccc(C)c1NC(=O)c1cccc(C(=O)NC(C)(C)C)c1. The van der Waals surface area contributed by atoms with Gasteiger partial charge in [-0.25, -0.2) is 0 Å². The molecule has 2 aromatic carbocycles. The van der Waals surface area contributed by atoms with Gasteiger partial charge in [0.15, 0.2) is 0 Å². The molecule has 2 rings (SSSR count). The highest BCUT2D eigenvalue weighted by Crippen LogP contribution is 2.22. The van der Waals surface area contributed by atoms with E-state index in [9.17, 15) is 9.59 Å². The summed E-state index contributed by atoms with van der Waals surface area (Å²) < 4.78 is 0. The van der Waals surface area contributed by atoms with Crippen molar-refractivity contribution in [2.45, 2.75) is 46.6 Å². The minimum atomic E-state index is -0.327. The van der Waals surface area contributed by atoms with Crippen LogP contribution in [-0.2, 0) is 6.42 Å². The van der Waals surface area contributed by atoms with E-state index in [1.807, 2.05) is 45.9 Å². The molecule has 0 spiro atoms. The van der Waals surface area contributed by atoms with Crippen LogP contribution in [0.3, 0.4) is 0 Å². The van der Waals surface area contributed by atoms with E-state index < -0.39 is 0 Å². The Morgan fingerprint density at radius 3 is 2.16 bits per heavy atom. The fraction of sp³-hybridized carbons (Fsp3) is 0.333. The van der Waals surface area contributed by atoms with Gasteiger partial charge in [0, 0.05) is 22.4 Å². The summed E-state index contributed by atoms with van der Waals surface area (Å²) in [6, 6.07) is 12.8. The number of amides is 2. The van der Waals surface area contributed by atoms with E-state index in [1.54, 1.807) is 24.3 Å². The number of hydrogen-bond donors (Lipinski definition) is 2. The van der Waals surface area contributed by atoms with Gasteiger partial charge in [-0.05, 0) is 63.4 Å².